The van der Waals surface area contributed by atoms with E-state index in [9.17, 15) is 24.0 Å². The minimum absolute atomic E-state index is 0.00522. The van der Waals surface area contributed by atoms with Crippen LogP contribution >= 0.6 is 0 Å². The predicted octanol–water partition coefficient (Wildman–Crippen LogP) is 7.25. The minimum Gasteiger partial charge on any atom is -0.462 e. The maximum absolute atomic E-state index is 14.9. The summed E-state index contributed by atoms with van der Waals surface area (Å²) in [6.07, 6.45) is 7.01. The molecule has 6 bridgehead atoms. The third-order valence-corrected chi connectivity index (χ3v) is 14.8. The number of carbonyl (C=O) groups excluding carboxylic acids is 5. The highest BCUT2D eigenvalue weighted by molar-refractivity contribution is 5.85. The number of esters is 5. The normalized spacial score (nSPS) is 40.1. The molecule has 54 heavy (non-hydrogen) atoms. The molecule has 10 unspecified atom stereocenters. The zero-order valence-corrected chi connectivity index (χ0v) is 33.9. The van der Waals surface area contributed by atoms with Crippen molar-refractivity contribution in [3.63, 3.8) is 0 Å². The minimum atomic E-state index is -1.38. The van der Waals surface area contributed by atoms with Crippen LogP contribution in [0.15, 0.2) is 0 Å². The van der Waals surface area contributed by atoms with Crippen molar-refractivity contribution in [3.8, 4) is 0 Å². The molecule has 0 aromatic heterocycles. The first-order valence-electron chi connectivity index (χ1n) is 21.0. The molecule has 0 aromatic carbocycles. The van der Waals surface area contributed by atoms with Gasteiger partial charge in [0.25, 0.3) is 0 Å². The molecule has 11 heteroatoms. The summed E-state index contributed by atoms with van der Waals surface area (Å²) in [5.41, 5.74) is -5.33. The summed E-state index contributed by atoms with van der Waals surface area (Å²) < 4.78 is 36.1. The van der Waals surface area contributed by atoms with Crippen LogP contribution in [0.4, 0.5) is 0 Å². The molecule has 8 rings (SSSR count). The fourth-order valence-corrected chi connectivity index (χ4v) is 12.9. The maximum Gasteiger partial charge on any atom is 0.314 e. The van der Waals surface area contributed by atoms with Crippen molar-refractivity contribution in [2.75, 3.05) is 6.61 Å². The van der Waals surface area contributed by atoms with Gasteiger partial charge >= 0.3 is 29.8 Å². The van der Waals surface area contributed by atoms with Gasteiger partial charge in [0, 0.05) is 18.3 Å². The lowest BCUT2D eigenvalue weighted by atomic mass is 9.54. The van der Waals surface area contributed by atoms with Crippen LogP contribution in [0.2, 0.25) is 0 Å². The first kappa shape index (κ1) is 39.5. The Bertz CT molecular complexity index is 1480. The lowest BCUT2D eigenvalue weighted by Crippen LogP contribution is -2.54. The molecule has 8 aliphatic rings. The molecule has 0 amide bonds. The van der Waals surface area contributed by atoms with Crippen molar-refractivity contribution in [2.45, 2.75) is 175 Å². The maximum atomic E-state index is 14.9. The summed E-state index contributed by atoms with van der Waals surface area (Å²) in [7, 11) is 0. The third-order valence-electron chi connectivity index (χ3n) is 14.8. The molecule has 0 N–H and O–H groups in total. The Balaban J connectivity index is 1.18. The van der Waals surface area contributed by atoms with Crippen molar-refractivity contribution in [3.05, 3.63) is 0 Å². The number of hydrogen-bond acceptors (Lipinski definition) is 11. The molecule has 6 saturated carbocycles. The number of carbonyl (C=O) groups is 5. The van der Waals surface area contributed by atoms with Gasteiger partial charge in [0.1, 0.15) is 23.9 Å². The van der Waals surface area contributed by atoms with Gasteiger partial charge in [0.05, 0.1) is 34.2 Å². The third kappa shape index (κ3) is 7.10. The molecule has 0 radical (unpaired) electrons. The van der Waals surface area contributed by atoms with Gasteiger partial charge < -0.3 is 28.4 Å². The highest BCUT2D eigenvalue weighted by atomic mass is 16.7. The number of rotatable bonds is 16. The Labute approximate surface area is 321 Å². The summed E-state index contributed by atoms with van der Waals surface area (Å²) in [6, 6.07) is 0. The van der Waals surface area contributed by atoms with Crippen molar-refractivity contribution in [1.29, 1.82) is 0 Å². The summed E-state index contributed by atoms with van der Waals surface area (Å²) in [6.45, 7) is 15.0. The molecule has 11 nitrogen and oxygen atoms in total. The van der Waals surface area contributed by atoms with Gasteiger partial charge in [-0.25, -0.2) is 0 Å². The first-order valence-corrected chi connectivity index (χ1v) is 21.0. The van der Waals surface area contributed by atoms with E-state index in [1.807, 2.05) is 34.6 Å². The van der Waals surface area contributed by atoms with Crippen LogP contribution in [-0.2, 0) is 52.4 Å². The fraction of sp³-hybridized carbons (Fsp3) is 0.884. The Morgan fingerprint density at radius 2 is 1.46 bits per heavy atom. The highest BCUT2D eigenvalue weighted by Crippen LogP contribution is 2.60. The SMILES string of the molecule is CCCOC(C)OC(=O)C(C)(CC)CC1(CC(C)(CC(C)(C)C(=O)OC23CC4CC(CC(C4)C2)C3)C(=O)OC2C3CC4C(=O)OC2C4C3)CC(C)OC1=O. The van der Waals surface area contributed by atoms with E-state index in [1.54, 1.807) is 20.8 Å². The zero-order valence-electron chi connectivity index (χ0n) is 33.9. The van der Waals surface area contributed by atoms with Gasteiger partial charge in [-0.3, -0.25) is 24.0 Å². The van der Waals surface area contributed by atoms with E-state index in [2.05, 4.69) is 0 Å². The van der Waals surface area contributed by atoms with Crippen LogP contribution in [0.5, 0.6) is 0 Å². The molecule has 2 saturated heterocycles. The molecule has 8 fully saturated rings. The average molecular weight is 757 g/mol. The van der Waals surface area contributed by atoms with E-state index in [4.69, 9.17) is 28.4 Å². The van der Waals surface area contributed by atoms with Gasteiger partial charge in [-0.2, -0.15) is 0 Å². The molecule has 0 spiro atoms. The Morgan fingerprint density at radius 3 is 2.04 bits per heavy atom. The van der Waals surface area contributed by atoms with Crippen LogP contribution in [-0.4, -0.2) is 66.7 Å². The van der Waals surface area contributed by atoms with Gasteiger partial charge in [-0.15, -0.1) is 0 Å². The lowest BCUT2D eigenvalue weighted by molar-refractivity contribution is -0.199. The van der Waals surface area contributed by atoms with E-state index in [1.165, 1.54) is 19.3 Å². The van der Waals surface area contributed by atoms with E-state index in [-0.39, 0.29) is 55.4 Å². The molecule has 6 aliphatic carbocycles. The largest absolute Gasteiger partial charge is 0.462 e. The van der Waals surface area contributed by atoms with Crippen molar-refractivity contribution in [1.82, 2.24) is 0 Å². The van der Waals surface area contributed by atoms with E-state index in [0.717, 1.165) is 32.1 Å². The van der Waals surface area contributed by atoms with Crippen LogP contribution in [0.3, 0.4) is 0 Å². The van der Waals surface area contributed by atoms with E-state index in [0.29, 0.717) is 37.2 Å². The molecule has 302 valence electrons. The summed E-state index contributed by atoms with van der Waals surface area (Å²) in [5, 5.41) is 0. The molecule has 2 aliphatic heterocycles. The monoisotopic (exact) mass is 756 g/mol. The molecular weight excluding hydrogens is 692 g/mol. The molecule has 10 atom stereocenters. The van der Waals surface area contributed by atoms with Crippen molar-refractivity contribution in [2.24, 2.45) is 57.2 Å². The van der Waals surface area contributed by atoms with Gasteiger partial charge in [-0.1, -0.05) is 13.8 Å². The van der Waals surface area contributed by atoms with E-state index >= 15 is 0 Å². The highest BCUT2D eigenvalue weighted by Gasteiger charge is 2.65. The predicted molar refractivity (Wildman–Crippen MR) is 195 cm³/mol. The fourth-order valence-electron chi connectivity index (χ4n) is 12.9. The Hall–Kier alpha value is -2.69. The second-order valence-corrected chi connectivity index (χ2v) is 20.2. The number of hydrogen-bond donors (Lipinski definition) is 0. The van der Waals surface area contributed by atoms with Crippen molar-refractivity contribution < 1.29 is 52.4 Å². The van der Waals surface area contributed by atoms with Crippen LogP contribution < -0.4 is 0 Å². The molecule has 2 heterocycles. The second-order valence-electron chi connectivity index (χ2n) is 20.2. The lowest BCUT2D eigenvalue weighted by Gasteiger charge is -2.56. The number of cyclic esters (lactones) is 1. The summed E-state index contributed by atoms with van der Waals surface area (Å²) in [5.74, 6) is -0.363. The van der Waals surface area contributed by atoms with Gasteiger partial charge in [-0.05, 0) is 143 Å². The number of fused-ring (bicyclic) bond motifs is 1. The quantitative estimate of drug-likeness (QED) is 0.0894. The van der Waals surface area contributed by atoms with Gasteiger partial charge in [0.2, 0.25) is 0 Å². The van der Waals surface area contributed by atoms with Crippen LogP contribution in [0.25, 0.3) is 0 Å². The Kier molecular flexibility index (Phi) is 10.3. The first-order chi connectivity index (χ1) is 25.3. The second kappa shape index (κ2) is 14.0. The van der Waals surface area contributed by atoms with Gasteiger partial charge in [0.15, 0.2) is 6.29 Å². The zero-order chi connectivity index (χ0) is 39.0. The summed E-state index contributed by atoms with van der Waals surface area (Å²) >= 11 is 0. The topological polar surface area (TPSA) is 141 Å². The smallest absolute Gasteiger partial charge is 0.314 e. The summed E-state index contributed by atoms with van der Waals surface area (Å²) in [4.78, 5) is 70.0. The molecular formula is C43H64O11. The average Bonchev–Trinajstić information content (AvgIpc) is 3.78. The van der Waals surface area contributed by atoms with E-state index < -0.39 is 69.8 Å². The number of ether oxygens (including phenoxy) is 6. The standard InChI is InChI=1S/C43H64O11/c1-9-11-49-25(4)51-36(46)40(7,10-2)22-42(17-24(3)50-38(42)48)23-41(8,37(47)53-32-29-15-30-31(16-29)34(44)52-33(30)32)21-39(5,6)35(45)54-43-18-26-12-27(19-43)14-28(13-26)20-43/h24-33H,9-23H2,1-8H3. The van der Waals surface area contributed by atoms with Crippen molar-refractivity contribution >= 4 is 29.8 Å². The Morgan fingerprint density at radius 1 is 0.833 bits per heavy atom. The molecule has 0 aromatic rings. The van der Waals surface area contributed by atoms with Crippen LogP contribution in [0, 0.1) is 57.2 Å². The van der Waals surface area contributed by atoms with Crippen LogP contribution in [0.1, 0.15) is 145 Å².